The summed E-state index contributed by atoms with van der Waals surface area (Å²) in [5, 5.41) is 10.2. The molecule has 1 amide bonds. The number of amides is 1. The molecule has 30 heavy (non-hydrogen) atoms. The van der Waals surface area contributed by atoms with Gasteiger partial charge in [-0.25, -0.2) is 0 Å². The van der Waals surface area contributed by atoms with Crippen LogP contribution in [-0.2, 0) is 16.3 Å². The molecule has 0 aliphatic carbocycles. The lowest BCUT2D eigenvalue weighted by Crippen LogP contribution is -2.53. The van der Waals surface area contributed by atoms with Crippen molar-refractivity contribution in [2.45, 2.75) is 11.5 Å². The molecular formula is C22H25ClN6O. The predicted octanol–water partition coefficient (Wildman–Crippen LogP) is 1.35. The number of rotatable bonds is 6. The summed E-state index contributed by atoms with van der Waals surface area (Å²) in [6, 6.07) is 13.6. The first kappa shape index (κ1) is 20.3. The van der Waals surface area contributed by atoms with E-state index in [0.29, 0.717) is 17.8 Å². The zero-order valence-corrected chi connectivity index (χ0v) is 17.3. The summed E-state index contributed by atoms with van der Waals surface area (Å²) in [7, 11) is 0. The average Bonchev–Trinajstić information content (AvgIpc) is 2.79. The third-order valence-electron chi connectivity index (χ3n) is 5.31. The number of nitrogens with zero attached hydrogens (tertiary/aromatic N) is 2. The highest BCUT2D eigenvalue weighted by Crippen LogP contribution is 2.39. The Hall–Kier alpha value is -3.03. The van der Waals surface area contributed by atoms with Crippen molar-refractivity contribution in [2.24, 2.45) is 5.73 Å². The highest BCUT2D eigenvalue weighted by molar-refractivity contribution is 6.26. The molecule has 7 nitrogen and oxygen atoms in total. The van der Waals surface area contributed by atoms with Gasteiger partial charge in [0.2, 0.25) is 0 Å². The lowest BCUT2D eigenvalue weighted by Gasteiger charge is -2.42. The Kier molecular flexibility index (Phi) is 5.92. The molecule has 156 valence electrons. The van der Waals surface area contributed by atoms with Gasteiger partial charge >= 0.3 is 0 Å². The van der Waals surface area contributed by atoms with Gasteiger partial charge in [-0.2, -0.15) is 0 Å². The summed E-state index contributed by atoms with van der Waals surface area (Å²) in [6.07, 6.45) is 5.16. The molecule has 0 radical (unpaired) electrons. The summed E-state index contributed by atoms with van der Waals surface area (Å²) in [5.74, 6) is 0.251. The van der Waals surface area contributed by atoms with E-state index in [-0.39, 0.29) is 0 Å². The number of pyridine rings is 1. The number of halogens is 1. The van der Waals surface area contributed by atoms with Crippen LogP contribution in [-0.4, -0.2) is 42.0 Å². The molecule has 2 aliphatic rings. The Labute approximate surface area is 181 Å². The predicted molar refractivity (Wildman–Crippen MR) is 117 cm³/mol. The number of primary amides is 1. The fraction of sp³-hybridized carbons (Fsp3) is 0.273. The number of nitrogens with two attached hydrogens (primary N) is 1. The fourth-order valence-corrected chi connectivity index (χ4v) is 4.13. The first-order chi connectivity index (χ1) is 14.6. The standard InChI is InChI=1S/C22H25ClN6O/c23-22(17-6-8-25-9-7-17)20(27-15-16-4-2-1-3-5-16)18(21(24)30)14-19(28-22)29-12-10-26-11-13-29/h1-9,14,26-28H,10-13,15H2,(H2,24,30). The smallest absolute Gasteiger partial charge is 0.250 e. The molecule has 1 aromatic heterocycles. The van der Waals surface area contributed by atoms with Crippen LogP contribution in [0.15, 0.2) is 78.0 Å². The van der Waals surface area contributed by atoms with Gasteiger partial charge in [-0.15, -0.1) is 0 Å². The topological polar surface area (TPSA) is 95.3 Å². The van der Waals surface area contributed by atoms with Crippen molar-refractivity contribution in [3.05, 3.63) is 89.2 Å². The molecule has 1 saturated heterocycles. The Bertz CT molecular complexity index is 956. The summed E-state index contributed by atoms with van der Waals surface area (Å²) >= 11 is 7.24. The van der Waals surface area contributed by atoms with E-state index in [0.717, 1.165) is 43.1 Å². The number of hydrogen-bond donors (Lipinski definition) is 4. The molecule has 0 saturated carbocycles. The third-order valence-corrected chi connectivity index (χ3v) is 5.81. The maximum Gasteiger partial charge on any atom is 0.250 e. The minimum Gasteiger partial charge on any atom is -0.380 e. The number of dihydropyridines is 1. The van der Waals surface area contributed by atoms with Crippen molar-refractivity contribution in [3.63, 3.8) is 0 Å². The minimum atomic E-state index is -1.18. The monoisotopic (exact) mass is 424 g/mol. The molecule has 0 spiro atoms. The van der Waals surface area contributed by atoms with Crippen LogP contribution < -0.4 is 21.7 Å². The van der Waals surface area contributed by atoms with Crippen LogP contribution in [0, 0.1) is 0 Å². The quantitative estimate of drug-likeness (QED) is 0.413. The number of aromatic nitrogens is 1. The van der Waals surface area contributed by atoms with Gasteiger partial charge in [0.15, 0.2) is 5.00 Å². The van der Waals surface area contributed by atoms with Crippen molar-refractivity contribution in [3.8, 4) is 0 Å². The van der Waals surface area contributed by atoms with Gasteiger partial charge in [-0.05, 0) is 23.8 Å². The molecule has 1 aromatic carbocycles. The van der Waals surface area contributed by atoms with Crippen molar-refractivity contribution in [1.29, 1.82) is 0 Å². The van der Waals surface area contributed by atoms with Crippen molar-refractivity contribution in [2.75, 3.05) is 26.2 Å². The van der Waals surface area contributed by atoms with Crippen molar-refractivity contribution in [1.82, 2.24) is 25.8 Å². The van der Waals surface area contributed by atoms with Crippen LogP contribution in [0.5, 0.6) is 0 Å². The average molecular weight is 425 g/mol. The number of carbonyl (C=O) groups is 1. The molecule has 1 atom stereocenters. The van der Waals surface area contributed by atoms with E-state index < -0.39 is 10.9 Å². The zero-order chi connectivity index (χ0) is 21.0. The van der Waals surface area contributed by atoms with Crippen LogP contribution >= 0.6 is 11.6 Å². The molecule has 8 heteroatoms. The van der Waals surface area contributed by atoms with Gasteiger partial charge in [-0.1, -0.05) is 41.9 Å². The molecule has 2 aliphatic heterocycles. The summed E-state index contributed by atoms with van der Waals surface area (Å²) < 4.78 is 0. The van der Waals surface area contributed by atoms with E-state index in [4.69, 9.17) is 17.3 Å². The van der Waals surface area contributed by atoms with Crippen molar-refractivity contribution < 1.29 is 4.79 Å². The molecule has 1 fully saturated rings. The fourth-order valence-electron chi connectivity index (χ4n) is 3.74. The van der Waals surface area contributed by atoms with Gasteiger partial charge in [-0.3, -0.25) is 9.78 Å². The maximum atomic E-state index is 12.5. The largest absolute Gasteiger partial charge is 0.380 e. The highest BCUT2D eigenvalue weighted by atomic mass is 35.5. The van der Waals surface area contributed by atoms with E-state index in [2.05, 4.69) is 25.8 Å². The second-order valence-corrected chi connectivity index (χ2v) is 7.85. The first-order valence-electron chi connectivity index (χ1n) is 9.95. The Morgan fingerprint density at radius 1 is 1.17 bits per heavy atom. The summed E-state index contributed by atoms with van der Waals surface area (Å²) in [5.41, 5.74) is 8.55. The lowest BCUT2D eigenvalue weighted by molar-refractivity contribution is -0.114. The van der Waals surface area contributed by atoms with E-state index >= 15 is 0 Å². The van der Waals surface area contributed by atoms with E-state index in [1.54, 1.807) is 18.5 Å². The van der Waals surface area contributed by atoms with Crippen LogP contribution in [0.3, 0.4) is 0 Å². The number of benzene rings is 1. The van der Waals surface area contributed by atoms with Crippen LogP contribution in [0.4, 0.5) is 0 Å². The molecule has 4 rings (SSSR count). The van der Waals surface area contributed by atoms with Gasteiger partial charge in [0.05, 0.1) is 11.3 Å². The molecule has 5 N–H and O–H groups in total. The minimum absolute atomic E-state index is 0.366. The second kappa shape index (κ2) is 8.77. The number of piperazine rings is 1. The van der Waals surface area contributed by atoms with E-state index in [1.165, 1.54) is 0 Å². The maximum absolute atomic E-state index is 12.5. The summed E-state index contributed by atoms with van der Waals surface area (Å²) in [4.78, 5) is 17.6. The first-order valence-corrected chi connectivity index (χ1v) is 10.3. The van der Waals surface area contributed by atoms with Gasteiger partial charge in [0.1, 0.15) is 5.82 Å². The molecule has 2 aromatic rings. The highest BCUT2D eigenvalue weighted by Gasteiger charge is 2.41. The van der Waals surface area contributed by atoms with Crippen LogP contribution in [0.1, 0.15) is 11.1 Å². The Morgan fingerprint density at radius 3 is 2.53 bits per heavy atom. The van der Waals surface area contributed by atoms with Crippen LogP contribution in [0.25, 0.3) is 0 Å². The SMILES string of the molecule is NC(=O)C1=C(NCc2ccccc2)C(Cl)(c2ccncc2)NC(N2CCNCC2)=C1. The molecule has 3 heterocycles. The Balaban J connectivity index is 1.77. The lowest BCUT2D eigenvalue weighted by atomic mass is 9.95. The zero-order valence-electron chi connectivity index (χ0n) is 16.6. The number of hydrogen-bond acceptors (Lipinski definition) is 6. The second-order valence-electron chi connectivity index (χ2n) is 7.28. The number of carbonyl (C=O) groups excluding carboxylic acids is 1. The Morgan fingerprint density at radius 2 is 1.87 bits per heavy atom. The molecule has 1 unspecified atom stereocenters. The van der Waals surface area contributed by atoms with Gasteiger partial charge in [0, 0.05) is 50.7 Å². The van der Waals surface area contributed by atoms with Crippen LogP contribution in [0.2, 0.25) is 0 Å². The van der Waals surface area contributed by atoms with Gasteiger partial charge < -0.3 is 26.6 Å². The summed E-state index contributed by atoms with van der Waals surface area (Å²) in [6.45, 7) is 3.84. The molecular weight excluding hydrogens is 400 g/mol. The van der Waals surface area contributed by atoms with Crippen molar-refractivity contribution >= 4 is 17.5 Å². The van der Waals surface area contributed by atoms with E-state index in [9.17, 15) is 4.79 Å². The normalized spacial score (nSPS) is 21.6. The number of nitrogens with one attached hydrogen (secondary N) is 3. The molecule has 0 bridgehead atoms. The number of alkyl halides is 1. The van der Waals surface area contributed by atoms with E-state index in [1.807, 2.05) is 42.5 Å². The third kappa shape index (κ3) is 4.13. The van der Waals surface area contributed by atoms with Gasteiger partial charge in [0.25, 0.3) is 5.91 Å².